The van der Waals surface area contributed by atoms with Crippen LogP contribution in [-0.2, 0) is 0 Å². The van der Waals surface area contributed by atoms with Crippen molar-refractivity contribution in [1.82, 2.24) is 9.80 Å². The predicted molar refractivity (Wildman–Crippen MR) is 101 cm³/mol. The molecule has 3 nitrogen and oxygen atoms in total. The highest BCUT2D eigenvalue weighted by Crippen LogP contribution is 2.35. The van der Waals surface area contributed by atoms with Crippen molar-refractivity contribution in [3.63, 3.8) is 0 Å². The number of urea groups is 1. The van der Waals surface area contributed by atoms with Gasteiger partial charge in [0.15, 0.2) is 0 Å². The molecule has 0 saturated heterocycles. The standard InChI is InChI=1S/C20H20BF2N2O/c1-21-15-6-4-5-13(9-15)19-10-14(12-25(19)20(26)24(2)3)17-11-16(22)7-8-18(17)23/h4-11,19H,12H2,1-3H3. The molecule has 2 aromatic rings. The number of carbonyl (C=O) groups is 1. The van der Waals surface area contributed by atoms with Crippen LogP contribution in [0.2, 0.25) is 6.82 Å². The molecule has 1 heterocycles. The van der Waals surface area contributed by atoms with Crippen LogP contribution in [-0.4, -0.2) is 43.8 Å². The van der Waals surface area contributed by atoms with E-state index in [0.29, 0.717) is 5.57 Å². The molecular weight excluding hydrogens is 333 g/mol. The fraction of sp³-hybridized carbons (Fsp3) is 0.250. The molecule has 0 fully saturated rings. The molecule has 0 N–H and O–H groups in total. The fourth-order valence-electron chi connectivity index (χ4n) is 3.18. The van der Waals surface area contributed by atoms with Gasteiger partial charge in [-0.2, -0.15) is 0 Å². The normalized spacial score (nSPS) is 16.4. The highest BCUT2D eigenvalue weighted by molar-refractivity contribution is 6.51. The maximum absolute atomic E-state index is 14.2. The van der Waals surface area contributed by atoms with E-state index in [1.165, 1.54) is 11.0 Å². The second-order valence-corrected chi connectivity index (χ2v) is 6.52. The second-order valence-electron chi connectivity index (χ2n) is 6.52. The van der Waals surface area contributed by atoms with Crippen LogP contribution in [0.25, 0.3) is 5.57 Å². The highest BCUT2D eigenvalue weighted by Gasteiger charge is 2.32. The summed E-state index contributed by atoms with van der Waals surface area (Å²) < 4.78 is 27.8. The van der Waals surface area contributed by atoms with Gasteiger partial charge in [-0.25, -0.2) is 13.6 Å². The second kappa shape index (κ2) is 7.32. The van der Waals surface area contributed by atoms with Crippen molar-refractivity contribution in [1.29, 1.82) is 0 Å². The van der Waals surface area contributed by atoms with Crippen molar-refractivity contribution in [2.24, 2.45) is 0 Å². The van der Waals surface area contributed by atoms with Gasteiger partial charge < -0.3 is 9.80 Å². The van der Waals surface area contributed by atoms with Crippen LogP contribution in [0.1, 0.15) is 17.2 Å². The smallest absolute Gasteiger partial charge is 0.320 e. The Morgan fingerprint density at radius 1 is 1.19 bits per heavy atom. The van der Waals surface area contributed by atoms with E-state index in [1.807, 2.05) is 44.4 Å². The van der Waals surface area contributed by atoms with Gasteiger partial charge in [0.25, 0.3) is 0 Å². The van der Waals surface area contributed by atoms with Gasteiger partial charge in [0.05, 0.1) is 6.04 Å². The zero-order valence-electron chi connectivity index (χ0n) is 15.0. The van der Waals surface area contributed by atoms with E-state index in [0.717, 1.165) is 23.2 Å². The van der Waals surface area contributed by atoms with Crippen molar-refractivity contribution >= 4 is 24.3 Å². The quantitative estimate of drug-likeness (QED) is 0.776. The van der Waals surface area contributed by atoms with Crippen molar-refractivity contribution in [3.8, 4) is 0 Å². The van der Waals surface area contributed by atoms with Crippen LogP contribution in [0.4, 0.5) is 13.6 Å². The van der Waals surface area contributed by atoms with Crippen LogP contribution in [0.15, 0.2) is 48.5 Å². The van der Waals surface area contributed by atoms with Gasteiger partial charge in [-0.05, 0) is 29.3 Å². The van der Waals surface area contributed by atoms with E-state index >= 15 is 0 Å². The SMILES string of the molecule is C[B]c1cccc(C2C=C(c3cc(F)ccc3F)CN2C(=O)N(C)C)c1. The molecule has 0 bridgehead atoms. The molecular formula is C20H20BF2N2O. The van der Waals surface area contributed by atoms with Crippen LogP contribution >= 0.6 is 0 Å². The molecule has 0 spiro atoms. The summed E-state index contributed by atoms with van der Waals surface area (Å²) in [4.78, 5) is 15.8. The van der Waals surface area contributed by atoms with Crippen LogP contribution < -0.4 is 5.46 Å². The third kappa shape index (κ3) is 3.50. The van der Waals surface area contributed by atoms with Crippen molar-refractivity contribution in [2.45, 2.75) is 12.9 Å². The highest BCUT2D eigenvalue weighted by atomic mass is 19.1. The van der Waals surface area contributed by atoms with E-state index in [4.69, 9.17) is 0 Å². The van der Waals surface area contributed by atoms with Gasteiger partial charge in [-0.1, -0.05) is 42.6 Å². The number of halogens is 2. The molecule has 1 unspecified atom stereocenters. The maximum Gasteiger partial charge on any atom is 0.320 e. The molecule has 133 valence electrons. The molecule has 0 aromatic heterocycles. The molecule has 1 atom stereocenters. The van der Waals surface area contributed by atoms with Gasteiger partial charge >= 0.3 is 6.03 Å². The van der Waals surface area contributed by atoms with Crippen molar-refractivity contribution in [3.05, 3.63) is 71.3 Å². The molecule has 3 rings (SSSR count). The summed E-state index contributed by atoms with van der Waals surface area (Å²) in [6, 6.07) is 10.7. The van der Waals surface area contributed by atoms with Crippen LogP contribution in [0.3, 0.4) is 0 Å². The summed E-state index contributed by atoms with van der Waals surface area (Å²) in [6.07, 6.45) is 1.84. The largest absolute Gasteiger partial charge is 0.331 e. The summed E-state index contributed by atoms with van der Waals surface area (Å²) in [5.74, 6) is -0.995. The molecule has 1 aliphatic heterocycles. The Balaban J connectivity index is 2.05. The zero-order valence-corrected chi connectivity index (χ0v) is 15.0. The van der Waals surface area contributed by atoms with E-state index in [2.05, 4.69) is 0 Å². The Morgan fingerprint density at radius 3 is 2.65 bits per heavy atom. The van der Waals surface area contributed by atoms with Gasteiger partial charge in [0.2, 0.25) is 0 Å². The number of carbonyl (C=O) groups excluding carboxylic acids is 1. The van der Waals surface area contributed by atoms with E-state index in [9.17, 15) is 13.6 Å². The maximum atomic E-state index is 14.2. The first kappa shape index (κ1) is 18.2. The minimum absolute atomic E-state index is 0.177. The molecule has 0 saturated carbocycles. The van der Waals surface area contributed by atoms with Gasteiger partial charge in [0.1, 0.15) is 18.9 Å². The third-order valence-corrected chi connectivity index (χ3v) is 4.52. The van der Waals surface area contributed by atoms with Gasteiger partial charge in [-0.15, -0.1) is 0 Å². The summed E-state index contributed by atoms with van der Waals surface area (Å²) in [7, 11) is 5.33. The Hall–Kier alpha value is -2.63. The molecule has 1 aliphatic rings. The Morgan fingerprint density at radius 2 is 1.96 bits per heavy atom. The molecule has 0 aliphatic carbocycles. The van der Waals surface area contributed by atoms with Gasteiger partial charge in [0, 0.05) is 26.2 Å². The zero-order chi connectivity index (χ0) is 18.8. The summed E-state index contributed by atoms with van der Waals surface area (Å²) >= 11 is 0. The number of amides is 2. The van der Waals surface area contributed by atoms with Crippen LogP contribution in [0.5, 0.6) is 0 Å². The molecule has 26 heavy (non-hydrogen) atoms. The lowest BCUT2D eigenvalue weighted by Gasteiger charge is -2.28. The number of benzene rings is 2. The average Bonchev–Trinajstić information content (AvgIpc) is 3.08. The molecule has 2 aromatic carbocycles. The summed E-state index contributed by atoms with van der Waals surface area (Å²) in [5.41, 5.74) is 2.77. The van der Waals surface area contributed by atoms with Crippen molar-refractivity contribution < 1.29 is 13.6 Å². The number of rotatable bonds is 3. The lowest BCUT2D eigenvalue weighted by molar-refractivity contribution is 0.170. The van der Waals surface area contributed by atoms with Crippen molar-refractivity contribution in [2.75, 3.05) is 20.6 Å². The van der Waals surface area contributed by atoms with E-state index < -0.39 is 11.6 Å². The first-order valence-corrected chi connectivity index (χ1v) is 8.44. The minimum atomic E-state index is -0.501. The third-order valence-electron chi connectivity index (χ3n) is 4.52. The predicted octanol–water partition coefficient (Wildman–Crippen LogP) is 3.46. The van der Waals surface area contributed by atoms with Crippen LogP contribution in [0, 0.1) is 11.6 Å². The average molecular weight is 353 g/mol. The molecule has 6 heteroatoms. The van der Waals surface area contributed by atoms with E-state index in [1.54, 1.807) is 19.0 Å². The first-order valence-electron chi connectivity index (χ1n) is 8.44. The summed E-state index contributed by atoms with van der Waals surface area (Å²) in [5, 5.41) is 0. The lowest BCUT2D eigenvalue weighted by Crippen LogP contribution is -2.39. The lowest BCUT2D eigenvalue weighted by atomic mass is 9.72. The Kier molecular flexibility index (Phi) is 5.12. The van der Waals surface area contributed by atoms with E-state index in [-0.39, 0.29) is 24.2 Å². The fourth-order valence-corrected chi connectivity index (χ4v) is 3.18. The number of nitrogens with zero attached hydrogens (tertiary/aromatic N) is 2. The number of hydrogen-bond acceptors (Lipinski definition) is 1. The topological polar surface area (TPSA) is 23.6 Å². The Labute approximate surface area is 153 Å². The molecule has 2 amide bonds. The monoisotopic (exact) mass is 353 g/mol. The van der Waals surface area contributed by atoms with Gasteiger partial charge in [-0.3, -0.25) is 0 Å². The molecule has 1 radical (unpaired) electrons. The first-order chi connectivity index (χ1) is 12.4. The minimum Gasteiger partial charge on any atom is -0.331 e. The Bertz CT molecular complexity index is 867. The number of hydrogen-bond donors (Lipinski definition) is 0. The summed E-state index contributed by atoms with van der Waals surface area (Å²) in [6.45, 7) is 2.17.